The number of hydrogen-bond donors (Lipinski definition) is 0. The zero-order valence-corrected chi connectivity index (χ0v) is 12.0. The number of amides is 1. The second-order valence-electron chi connectivity index (χ2n) is 5.29. The Hall–Kier alpha value is -1.29. The number of hydrogen-bond acceptors (Lipinski definition) is 5. The summed E-state index contributed by atoms with van der Waals surface area (Å²) in [6, 6.07) is 1.51. The van der Waals surface area contributed by atoms with Crippen molar-refractivity contribution in [3.05, 3.63) is 0 Å². The Labute approximate surface area is 114 Å². The minimum Gasteiger partial charge on any atom is -0.444 e. The summed E-state index contributed by atoms with van der Waals surface area (Å²) in [5.74, 6) is -0.220. The van der Waals surface area contributed by atoms with Gasteiger partial charge in [-0.1, -0.05) is 5.16 Å². The molecule has 0 bridgehead atoms. The van der Waals surface area contributed by atoms with Crippen molar-refractivity contribution in [2.24, 2.45) is 11.1 Å². The van der Waals surface area contributed by atoms with Gasteiger partial charge in [0.05, 0.1) is 18.5 Å². The molecule has 2 heterocycles. The smallest absolute Gasteiger partial charge is 0.411 e. The number of halogens is 1. The van der Waals surface area contributed by atoms with E-state index in [1.165, 1.54) is 4.90 Å². The highest BCUT2D eigenvalue weighted by Crippen LogP contribution is 2.35. The van der Waals surface area contributed by atoms with E-state index >= 15 is 0 Å². The monoisotopic (exact) mass is 315 g/mol. The molecular weight excluding hydrogens is 302 g/mol. The first-order valence-electron chi connectivity index (χ1n) is 5.62. The van der Waals surface area contributed by atoms with Crippen LogP contribution in [0.3, 0.4) is 0 Å². The van der Waals surface area contributed by atoms with E-state index in [2.05, 4.69) is 27.2 Å². The number of carbonyl (C=O) groups excluding carboxylic acids is 1. The molecule has 0 spiro atoms. The number of nitrogens with zero attached hydrogens (tertiary/aromatic N) is 3. The highest BCUT2D eigenvalue weighted by atomic mass is 79.9. The number of nitriles is 1. The number of carbonyl (C=O) groups is 1. The van der Waals surface area contributed by atoms with Gasteiger partial charge in [-0.05, 0) is 36.7 Å². The number of rotatable bonds is 0. The van der Waals surface area contributed by atoms with Gasteiger partial charge in [0.1, 0.15) is 16.3 Å². The van der Waals surface area contributed by atoms with Gasteiger partial charge in [0.15, 0.2) is 6.10 Å². The van der Waals surface area contributed by atoms with Crippen LogP contribution in [0.4, 0.5) is 4.79 Å². The van der Waals surface area contributed by atoms with Crippen LogP contribution in [0.15, 0.2) is 5.16 Å². The molecule has 2 aliphatic rings. The molecule has 0 radical (unpaired) electrons. The minimum absolute atomic E-state index is 0.220. The maximum absolute atomic E-state index is 12.0. The summed E-state index contributed by atoms with van der Waals surface area (Å²) in [4.78, 5) is 18.6. The van der Waals surface area contributed by atoms with Crippen molar-refractivity contribution < 1.29 is 14.4 Å². The average Bonchev–Trinajstić information content (AvgIpc) is 2.76. The molecule has 0 aromatic rings. The molecule has 98 valence electrons. The summed E-state index contributed by atoms with van der Waals surface area (Å²) in [6.07, 6.45) is -0.760. The Morgan fingerprint density at radius 2 is 2.33 bits per heavy atom. The van der Waals surface area contributed by atoms with Crippen LogP contribution in [-0.2, 0) is 9.57 Å². The third kappa shape index (κ3) is 2.29. The second-order valence-corrected chi connectivity index (χ2v) is 6.10. The first-order chi connectivity index (χ1) is 8.33. The Bertz CT molecular complexity index is 438. The number of fused-ring (bicyclic) bond motifs is 1. The van der Waals surface area contributed by atoms with Crippen molar-refractivity contribution >= 4 is 26.6 Å². The van der Waals surface area contributed by atoms with Crippen LogP contribution in [-0.4, -0.2) is 39.9 Å². The van der Waals surface area contributed by atoms with Crippen molar-refractivity contribution in [1.82, 2.24) is 4.90 Å². The third-order valence-corrected chi connectivity index (χ3v) is 3.44. The van der Waals surface area contributed by atoms with Gasteiger partial charge in [-0.25, -0.2) is 4.79 Å². The molecule has 6 nitrogen and oxygen atoms in total. The lowest BCUT2D eigenvalue weighted by Gasteiger charge is -2.26. The average molecular weight is 316 g/mol. The predicted octanol–water partition coefficient (Wildman–Crippen LogP) is 1.85. The number of ether oxygens (including phenoxy) is 1. The molecular formula is C11H14BrN3O3. The lowest BCUT2D eigenvalue weighted by atomic mass is 10.0. The van der Waals surface area contributed by atoms with E-state index in [9.17, 15) is 10.1 Å². The molecule has 3 atom stereocenters. The SMILES string of the molecule is CC(C)(C)OC(=O)N1C[C@H]2ON=C(Br)[C@H]2[C@H]1C#N. The second kappa shape index (κ2) is 4.43. The molecule has 0 saturated carbocycles. The van der Waals surface area contributed by atoms with E-state index < -0.39 is 17.7 Å². The molecule has 0 aromatic carbocycles. The fourth-order valence-electron chi connectivity index (χ4n) is 2.04. The van der Waals surface area contributed by atoms with Crippen LogP contribution in [0, 0.1) is 17.2 Å². The summed E-state index contributed by atoms with van der Waals surface area (Å²) in [5.41, 5.74) is -0.582. The molecule has 18 heavy (non-hydrogen) atoms. The van der Waals surface area contributed by atoms with Crippen LogP contribution in [0.1, 0.15) is 20.8 Å². The van der Waals surface area contributed by atoms with Crippen molar-refractivity contribution in [2.45, 2.75) is 38.5 Å². The normalized spacial score (nSPS) is 30.3. The summed E-state index contributed by atoms with van der Waals surface area (Å²) in [6.45, 7) is 5.68. The fraction of sp³-hybridized carbons (Fsp3) is 0.727. The molecule has 0 aliphatic carbocycles. The summed E-state index contributed by atoms with van der Waals surface area (Å²) in [7, 11) is 0. The highest BCUT2D eigenvalue weighted by Gasteiger charge is 2.52. The van der Waals surface area contributed by atoms with E-state index in [4.69, 9.17) is 9.57 Å². The highest BCUT2D eigenvalue weighted by molar-refractivity contribution is 9.18. The molecule has 7 heteroatoms. The van der Waals surface area contributed by atoms with E-state index in [1.54, 1.807) is 20.8 Å². The standard InChI is InChI=1S/C11H14BrN3O3/c1-11(2,3)17-10(16)15-5-7-8(6(15)4-13)9(12)14-18-7/h6-8H,5H2,1-3H3/t6-,7-,8+/m1/s1. The third-order valence-electron chi connectivity index (χ3n) is 2.76. The maximum Gasteiger partial charge on any atom is 0.411 e. The fourth-order valence-corrected chi connectivity index (χ4v) is 2.67. The van der Waals surface area contributed by atoms with E-state index in [0.717, 1.165) is 0 Å². The Kier molecular flexibility index (Phi) is 3.23. The van der Waals surface area contributed by atoms with Crippen LogP contribution >= 0.6 is 15.9 Å². The van der Waals surface area contributed by atoms with Gasteiger partial charge in [-0.3, -0.25) is 4.90 Å². The quantitative estimate of drug-likeness (QED) is 0.683. The summed E-state index contributed by atoms with van der Waals surface area (Å²) >= 11 is 3.26. The first-order valence-corrected chi connectivity index (χ1v) is 6.41. The molecule has 1 saturated heterocycles. The molecule has 1 fully saturated rings. The van der Waals surface area contributed by atoms with E-state index in [0.29, 0.717) is 11.2 Å². The van der Waals surface area contributed by atoms with E-state index in [-0.39, 0.29) is 12.0 Å². The van der Waals surface area contributed by atoms with Crippen LogP contribution < -0.4 is 0 Å². The predicted molar refractivity (Wildman–Crippen MR) is 67.1 cm³/mol. The molecule has 2 aliphatic heterocycles. The largest absolute Gasteiger partial charge is 0.444 e. The lowest BCUT2D eigenvalue weighted by Crippen LogP contribution is -2.41. The molecule has 0 aromatic heterocycles. The summed E-state index contributed by atoms with van der Waals surface area (Å²) < 4.78 is 5.85. The van der Waals surface area contributed by atoms with E-state index in [1.807, 2.05) is 0 Å². The van der Waals surface area contributed by atoms with Crippen molar-refractivity contribution in [2.75, 3.05) is 6.54 Å². The lowest BCUT2D eigenvalue weighted by molar-refractivity contribution is 0.0202. The van der Waals surface area contributed by atoms with Crippen molar-refractivity contribution in [3.8, 4) is 6.07 Å². The first kappa shape index (κ1) is 13.1. The van der Waals surface area contributed by atoms with Crippen molar-refractivity contribution in [1.29, 1.82) is 5.26 Å². The molecule has 0 unspecified atom stereocenters. The summed E-state index contributed by atoms with van der Waals surface area (Å²) in [5, 5.41) is 13.0. The van der Waals surface area contributed by atoms with Crippen molar-refractivity contribution in [3.63, 3.8) is 0 Å². The van der Waals surface area contributed by atoms with Gasteiger partial charge in [0.2, 0.25) is 0 Å². The minimum atomic E-state index is -0.606. The maximum atomic E-state index is 12.0. The van der Waals surface area contributed by atoms with Gasteiger partial charge in [-0.15, -0.1) is 0 Å². The number of oxime groups is 1. The Balaban J connectivity index is 2.14. The Morgan fingerprint density at radius 1 is 1.67 bits per heavy atom. The van der Waals surface area contributed by atoms with Gasteiger partial charge in [0.25, 0.3) is 0 Å². The molecule has 1 amide bonds. The van der Waals surface area contributed by atoms with Gasteiger partial charge in [0, 0.05) is 0 Å². The molecule has 2 rings (SSSR count). The van der Waals surface area contributed by atoms with Crippen LogP contribution in [0.5, 0.6) is 0 Å². The van der Waals surface area contributed by atoms with Gasteiger partial charge < -0.3 is 9.57 Å². The molecule has 0 N–H and O–H groups in total. The zero-order valence-electron chi connectivity index (χ0n) is 10.4. The van der Waals surface area contributed by atoms with Crippen LogP contribution in [0.25, 0.3) is 0 Å². The van der Waals surface area contributed by atoms with Gasteiger partial charge in [-0.2, -0.15) is 5.26 Å². The number of likely N-dealkylation sites (tertiary alicyclic amines) is 1. The van der Waals surface area contributed by atoms with Gasteiger partial charge >= 0.3 is 6.09 Å². The topological polar surface area (TPSA) is 74.9 Å². The zero-order chi connectivity index (χ0) is 13.5. The van der Waals surface area contributed by atoms with Crippen LogP contribution in [0.2, 0.25) is 0 Å². The Morgan fingerprint density at radius 3 is 2.89 bits per heavy atom.